The van der Waals surface area contributed by atoms with Crippen LogP contribution >= 0.6 is 0 Å². The normalized spacial score (nSPS) is 11.0. The predicted octanol–water partition coefficient (Wildman–Crippen LogP) is 1.61. The lowest BCUT2D eigenvalue weighted by atomic mass is 9.93. The molecule has 0 saturated heterocycles. The average molecular weight is 269 g/mol. The van der Waals surface area contributed by atoms with E-state index in [0.717, 1.165) is 0 Å². The van der Waals surface area contributed by atoms with Gasteiger partial charge in [0.25, 0.3) is 0 Å². The standard InChI is InChI=1S/C12H19N3O4/c1-12(2,3)8-6-9(14-19-8)13-11(17)15(4)7-10(16)18-5/h6H,7H2,1-5H3,(H,13,14,17). The second-order valence-electron chi connectivity index (χ2n) is 5.19. The molecule has 7 heteroatoms. The molecule has 1 aromatic heterocycles. The summed E-state index contributed by atoms with van der Waals surface area (Å²) >= 11 is 0. The molecular formula is C12H19N3O4. The van der Waals surface area contributed by atoms with Crippen molar-refractivity contribution in [1.82, 2.24) is 10.1 Å². The Labute approximate surface area is 111 Å². The number of carbonyl (C=O) groups excluding carboxylic acids is 2. The molecule has 1 heterocycles. The smallest absolute Gasteiger partial charge is 0.325 e. The number of likely N-dealkylation sites (N-methyl/N-ethyl adjacent to an activating group) is 1. The number of rotatable bonds is 3. The third-order valence-corrected chi connectivity index (χ3v) is 2.42. The fourth-order valence-electron chi connectivity index (χ4n) is 1.22. The molecule has 2 amide bonds. The van der Waals surface area contributed by atoms with Gasteiger partial charge in [-0.15, -0.1) is 0 Å². The van der Waals surface area contributed by atoms with Crippen molar-refractivity contribution >= 4 is 17.8 Å². The summed E-state index contributed by atoms with van der Waals surface area (Å²) in [6, 6.07) is 1.20. The van der Waals surface area contributed by atoms with Crippen molar-refractivity contribution in [3.05, 3.63) is 11.8 Å². The first kappa shape index (κ1) is 15.0. The monoisotopic (exact) mass is 269 g/mol. The predicted molar refractivity (Wildman–Crippen MR) is 68.9 cm³/mol. The molecule has 0 aliphatic heterocycles. The molecule has 19 heavy (non-hydrogen) atoms. The Morgan fingerprint density at radius 2 is 2.11 bits per heavy atom. The zero-order valence-corrected chi connectivity index (χ0v) is 11.8. The minimum Gasteiger partial charge on any atom is -0.468 e. The molecule has 7 nitrogen and oxygen atoms in total. The number of aromatic nitrogens is 1. The van der Waals surface area contributed by atoms with Gasteiger partial charge in [-0.2, -0.15) is 0 Å². The van der Waals surface area contributed by atoms with E-state index in [1.807, 2.05) is 20.8 Å². The highest BCUT2D eigenvalue weighted by atomic mass is 16.5. The minimum absolute atomic E-state index is 0.133. The molecule has 0 fully saturated rings. The number of anilines is 1. The largest absolute Gasteiger partial charge is 0.468 e. The summed E-state index contributed by atoms with van der Waals surface area (Å²) in [5.74, 6) is 0.484. The fraction of sp³-hybridized carbons (Fsp3) is 0.583. The molecule has 0 aliphatic carbocycles. The Bertz CT molecular complexity index is 462. The van der Waals surface area contributed by atoms with Gasteiger partial charge in [0.1, 0.15) is 12.3 Å². The highest BCUT2D eigenvalue weighted by molar-refractivity contribution is 5.90. The average Bonchev–Trinajstić information content (AvgIpc) is 2.76. The number of urea groups is 1. The van der Waals surface area contributed by atoms with Gasteiger partial charge in [0.05, 0.1) is 7.11 Å². The van der Waals surface area contributed by atoms with Crippen LogP contribution in [0, 0.1) is 0 Å². The van der Waals surface area contributed by atoms with Crippen LogP contribution in [0.2, 0.25) is 0 Å². The Morgan fingerprint density at radius 3 is 2.58 bits per heavy atom. The van der Waals surface area contributed by atoms with Crippen LogP contribution in [-0.2, 0) is 14.9 Å². The summed E-state index contributed by atoms with van der Waals surface area (Å²) < 4.78 is 9.61. The van der Waals surface area contributed by atoms with E-state index < -0.39 is 12.0 Å². The molecular weight excluding hydrogens is 250 g/mol. The lowest BCUT2D eigenvalue weighted by molar-refractivity contribution is -0.140. The van der Waals surface area contributed by atoms with Gasteiger partial charge >= 0.3 is 12.0 Å². The van der Waals surface area contributed by atoms with Gasteiger partial charge in [0, 0.05) is 18.5 Å². The number of ether oxygens (including phenoxy) is 1. The number of amides is 2. The van der Waals surface area contributed by atoms with E-state index in [9.17, 15) is 9.59 Å². The zero-order chi connectivity index (χ0) is 14.6. The van der Waals surface area contributed by atoms with Crippen LogP contribution in [0.15, 0.2) is 10.6 Å². The molecule has 1 aromatic rings. The Hall–Kier alpha value is -2.05. The molecule has 0 aromatic carbocycles. The number of carbonyl (C=O) groups is 2. The molecule has 0 aliphatic rings. The van der Waals surface area contributed by atoms with Crippen molar-refractivity contribution in [2.75, 3.05) is 26.0 Å². The number of methoxy groups -OCH3 is 1. The van der Waals surface area contributed by atoms with E-state index in [1.165, 1.54) is 19.1 Å². The van der Waals surface area contributed by atoms with Crippen LogP contribution in [0.1, 0.15) is 26.5 Å². The van der Waals surface area contributed by atoms with E-state index in [-0.39, 0.29) is 12.0 Å². The third-order valence-electron chi connectivity index (χ3n) is 2.42. The Kier molecular flexibility index (Phi) is 4.52. The van der Waals surface area contributed by atoms with Gasteiger partial charge in [0.2, 0.25) is 0 Å². The van der Waals surface area contributed by atoms with E-state index in [4.69, 9.17) is 4.52 Å². The van der Waals surface area contributed by atoms with Crippen LogP contribution in [-0.4, -0.2) is 42.8 Å². The number of esters is 1. The SMILES string of the molecule is COC(=O)CN(C)C(=O)Nc1cc(C(C)(C)C)on1. The Balaban J connectivity index is 2.62. The second kappa shape index (κ2) is 5.73. The maximum atomic E-state index is 11.7. The summed E-state index contributed by atoms with van der Waals surface area (Å²) in [5.41, 5.74) is -0.187. The lowest BCUT2D eigenvalue weighted by Crippen LogP contribution is -2.36. The first-order valence-electron chi connectivity index (χ1n) is 5.80. The molecule has 0 spiro atoms. The minimum atomic E-state index is -0.492. The van der Waals surface area contributed by atoms with Crippen LogP contribution < -0.4 is 5.32 Å². The van der Waals surface area contributed by atoms with Crippen LogP contribution in [0.25, 0.3) is 0 Å². The van der Waals surface area contributed by atoms with Gasteiger partial charge in [-0.05, 0) is 0 Å². The first-order valence-corrected chi connectivity index (χ1v) is 5.80. The topological polar surface area (TPSA) is 84.7 Å². The number of hydrogen-bond acceptors (Lipinski definition) is 5. The third kappa shape index (κ3) is 4.27. The lowest BCUT2D eigenvalue weighted by Gasteiger charge is -2.15. The van der Waals surface area contributed by atoms with Crippen molar-refractivity contribution in [3.63, 3.8) is 0 Å². The fourth-order valence-corrected chi connectivity index (χ4v) is 1.22. The molecule has 0 bridgehead atoms. The summed E-state index contributed by atoms with van der Waals surface area (Å²) in [6.45, 7) is 5.79. The van der Waals surface area contributed by atoms with E-state index in [1.54, 1.807) is 6.07 Å². The van der Waals surface area contributed by atoms with Gasteiger partial charge < -0.3 is 14.2 Å². The maximum Gasteiger partial charge on any atom is 0.325 e. The molecule has 0 unspecified atom stereocenters. The van der Waals surface area contributed by atoms with Crippen LogP contribution in [0.5, 0.6) is 0 Å². The molecule has 1 rings (SSSR count). The number of nitrogens with one attached hydrogen (secondary N) is 1. The van der Waals surface area contributed by atoms with Gasteiger partial charge in [-0.25, -0.2) is 4.79 Å². The van der Waals surface area contributed by atoms with E-state index in [2.05, 4.69) is 15.2 Å². The molecule has 0 saturated carbocycles. The summed E-state index contributed by atoms with van der Waals surface area (Å²) in [4.78, 5) is 24.0. The summed E-state index contributed by atoms with van der Waals surface area (Å²) in [5, 5.41) is 6.29. The highest BCUT2D eigenvalue weighted by Crippen LogP contribution is 2.24. The van der Waals surface area contributed by atoms with E-state index in [0.29, 0.717) is 11.6 Å². The van der Waals surface area contributed by atoms with Crippen molar-refractivity contribution in [2.45, 2.75) is 26.2 Å². The molecule has 106 valence electrons. The quantitative estimate of drug-likeness (QED) is 0.843. The van der Waals surface area contributed by atoms with Crippen molar-refractivity contribution in [1.29, 1.82) is 0 Å². The van der Waals surface area contributed by atoms with Crippen LogP contribution in [0.4, 0.5) is 10.6 Å². The van der Waals surface area contributed by atoms with Gasteiger partial charge in [-0.1, -0.05) is 25.9 Å². The molecule has 0 radical (unpaired) electrons. The van der Waals surface area contributed by atoms with Crippen LogP contribution in [0.3, 0.4) is 0 Å². The Morgan fingerprint density at radius 1 is 1.47 bits per heavy atom. The second-order valence-corrected chi connectivity index (χ2v) is 5.19. The number of nitrogens with zero attached hydrogens (tertiary/aromatic N) is 2. The van der Waals surface area contributed by atoms with Gasteiger partial charge in [-0.3, -0.25) is 10.1 Å². The maximum absolute atomic E-state index is 11.7. The summed E-state index contributed by atoms with van der Waals surface area (Å²) in [6.07, 6.45) is 0. The first-order chi connectivity index (χ1) is 8.74. The summed E-state index contributed by atoms with van der Waals surface area (Å²) in [7, 11) is 2.75. The molecule has 0 atom stereocenters. The zero-order valence-electron chi connectivity index (χ0n) is 11.8. The van der Waals surface area contributed by atoms with Crippen molar-refractivity contribution in [3.8, 4) is 0 Å². The van der Waals surface area contributed by atoms with Gasteiger partial charge in [0.15, 0.2) is 5.82 Å². The number of hydrogen-bond donors (Lipinski definition) is 1. The van der Waals surface area contributed by atoms with Crippen molar-refractivity contribution in [2.24, 2.45) is 0 Å². The highest BCUT2D eigenvalue weighted by Gasteiger charge is 2.21. The van der Waals surface area contributed by atoms with E-state index >= 15 is 0 Å². The molecule has 1 N–H and O–H groups in total. The van der Waals surface area contributed by atoms with Crippen molar-refractivity contribution < 1.29 is 18.8 Å².